The van der Waals surface area contributed by atoms with Crippen LogP contribution in [0.25, 0.3) is 0 Å². The molecule has 1 atom stereocenters. The van der Waals surface area contributed by atoms with Crippen LogP contribution in [-0.2, 0) is 0 Å². The molecule has 1 aromatic rings. The number of rotatable bonds is 3. The van der Waals surface area contributed by atoms with Crippen LogP contribution in [0.5, 0.6) is 5.88 Å². The molecule has 1 unspecified atom stereocenters. The molecule has 1 fully saturated rings. The smallest absolute Gasteiger partial charge is 0.341 e. The van der Waals surface area contributed by atoms with E-state index in [0.717, 1.165) is 25.1 Å². The summed E-state index contributed by atoms with van der Waals surface area (Å²) in [7, 11) is 3.49. The fraction of sp³-hybridized carbons (Fsp3) is 0.500. The fourth-order valence-corrected chi connectivity index (χ4v) is 2.21. The maximum Gasteiger partial charge on any atom is 0.341 e. The average molecular weight is 236 g/mol. The Hall–Kier alpha value is -1.62. The summed E-state index contributed by atoms with van der Waals surface area (Å²) < 4.78 is 4.94. The van der Waals surface area contributed by atoms with Gasteiger partial charge in [0.2, 0.25) is 5.88 Å². The Balaban J connectivity index is 2.30. The number of likely N-dealkylation sites (N-methyl/N-ethyl adjacent to an activating group) is 1. The van der Waals surface area contributed by atoms with Gasteiger partial charge in [0.25, 0.3) is 0 Å². The topological polar surface area (TPSA) is 62.7 Å². The summed E-state index contributed by atoms with van der Waals surface area (Å²) in [5.74, 6) is -0.452. The summed E-state index contributed by atoms with van der Waals surface area (Å²) in [4.78, 5) is 17.4. The Labute approximate surface area is 100 Å². The van der Waals surface area contributed by atoms with Gasteiger partial charge in [0.15, 0.2) is 0 Å². The molecule has 1 aliphatic heterocycles. The predicted octanol–water partition coefficient (Wildman–Crippen LogP) is 1.21. The number of carboxylic acids is 1. The number of nitrogens with zero attached hydrogens (tertiary/aromatic N) is 2. The molecule has 0 amide bonds. The third kappa shape index (κ3) is 2.39. The zero-order valence-electron chi connectivity index (χ0n) is 10.0. The number of aromatic nitrogens is 1. The van der Waals surface area contributed by atoms with Crippen molar-refractivity contribution in [2.45, 2.75) is 12.3 Å². The molecule has 1 saturated heterocycles. The SMILES string of the molecule is COc1ncc(C2CCN(C)C2)cc1C(=O)O. The first kappa shape index (κ1) is 11.9. The molecule has 2 heterocycles. The van der Waals surface area contributed by atoms with E-state index in [0.29, 0.717) is 5.92 Å². The van der Waals surface area contributed by atoms with Crippen molar-refractivity contribution < 1.29 is 14.6 Å². The number of hydrogen-bond acceptors (Lipinski definition) is 4. The quantitative estimate of drug-likeness (QED) is 0.854. The molecule has 0 aromatic carbocycles. The van der Waals surface area contributed by atoms with E-state index in [9.17, 15) is 4.79 Å². The van der Waals surface area contributed by atoms with Gasteiger partial charge in [-0.1, -0.05) is 0 Å². The number of pyridine rings is 1. The van der Waals surface area contributed by atoms with Gasteiger partial charge in [-0.2, -0.15) is 0 Å². The number of aromatic carboxylic acids is 1. The lowest BCUT2D eigenvalue weighted by Crippen LogP contribution is -2.14. The van der Waals surface area contributed by atoms with Crippen molar-refractivity contribution in [2.24, 2.45) is 0 Å². The average Bonchev–Trinajstić information content (AvgIpc) is 2.75. The summed E-state index contributed by atoms with van der Waals surface area (Å²) >= 11 is 0. The molecule has 5 nitrogen and oxygen atoms in total. The van der Waals surface area contributed by atoms with E-state index in [1.54, 1.807) is 12.3 Å². The van der Waals surface area contributed by atoms with Crippen molar-refractivity contribution in [3.63, 3.8) is 0 Å². The van der Waals surface area contributed by atoms with Gasteiger partial charge in [0.05, 0.1) is 7.11 Å². The third-order valence-corrected chi connectivity index (χ3v) is 3.16. The van der Waals surface area contributed by atoms with Gasteiger partial charge >= 0.3 is 5.97 Å². The van der Waals surface area contributed by atoms with Crippen molar-refractivity contribution in [3.05, 3.63) is 23.4 Å². The summed E-state index contributed by atoms with van der Waals surface area (Å²) in [5.41, 5.74) is 1.12. The summed E-state index contributed by atoms with van der Waals surface area (Å²) in [5, 5.41) is 9.09. The second-order valence-corrected chi connectivity index (χ2v) is 4.38. The first-order valence-electron chi connectivity index (χ1n) is 5.57. The standard InChI is InChI=1S/C12H16N2O3/c1-14-4-3-8(7-14)9-5-10(12(15)16)11(17-2)13-6-9/h5-6,8H,3-4,7H2,1-2H3,(H,15,16). The first-order valence-corrected chi connectivity index (χ1v) is 5.57. The fourth-order valence-electron chi connectivity index (χ4n) is 2.21. The van der Waals surface area contributed by atoms with Crippen molar-refractivity contribution in [1.29, 1.82) is 0 Å². The number of methoxy groups -OCH3 is 1. The van der Waals surface area contributed by atoms with E-state index >= 15 is 0 Å². The van der Waals surface area contributed by atoms with Crippen LogP contribution >= 0.6 is 0 Å². The highest BCUT2D eigenvalue weighted by atomic mass is 16.5. The zero-order valence-corrected chi connectivity index (χ0v) is 10.0. The minimum absolute atomic E-state index is 0.138. The second-order valence-electron chi connectivity index (χ2n) is 4.38. The van der Waals surface area contributed by atoms with Crippen LogP contribution < -0.4 is 4.74 Å². The largest absolute Gasteiger partial charge is 0.480 e. The maximum absolute atomic E-state index is 11.1. The van der Waals surface area contributed by atoms with E-state index < -0.39 is 5.97 Å². The highest BCUT2D eigenvalue weighted by Crippen LogP contribution is 2.28. The Morgan fingerprint density at radius 2 is 2.41 bits per heavy atom. The van der Waals surface area contributed by atoms with Gasteiger partial charge in [-0.3, -0.25) is 0 Å². The monoisotopic (exact) mass is 236 g/mol. The molecule has 5 heteroatoms. The van der Waals surface area contributed by atoms with E-state index in [4.69, 9.17) is 9.84 Å². The van der Waals surface area contributed by atoms with Gasteiger partial charge in [0.1, 0.15) is 5.56 Å². The van der Waals surface area contributed by atoms with Gasteiger partial charge in [0, 0.05) is 12.7 Å². The van der Waals surface area contributed by atoms with Gasteiger partial charge in [-0.15, -0.1) is 0 Å². The van der Waals surface area contributed by atoms with Crippen LogP contribution in [0, 0.1) is 0 Å². The number of likely N-dealkylation sites (tertiary alicyclic amines) is 1. The molecule has 92 valence electrons. The number of carbonyl (C=O) groups is 1. The van der Waals surface area contributed by atoms with Crippen molar-refractivity contribution >= 4 is 5.97 Å². The number of carboxylic acid groups (broad SMARTS) is 1. The van der Waals surface area contributed by atoms with Crippen LogP contribution in [0.4, 0.5) is 0 Å². The van der Waals surface area contributed by atoms with Crippen molar-refractivity contribution in [2.75, 3.05) is 27.2 Å². The number of ether oxygens (including phenoxy) is 1. The lowest BCUT2D eigenvalue weighted by Gasteiger charge is -2.12. The Morgan fingerprint density at radius 3 is 2.94 bits per heavy atom. The van der Waals surface area contributed by atoms with E-state index in [1.165, 1.54) is 7.11 Å². The normalized spacial score (nSPS) is 20.5. The third-order valence-electron chi connectivity index (χ3n) is 3.16. The summed E-state index contributed by atoms with van der Waals surface area (Å²) in [6.45, 7) is 1.99. The molecule has 2 rings (SSSR count). The molecular formula is C12H16N2O3. The molecule has 17 heavy (non-hydrogen) atoms. The molecule has 0 spiro atoms. The van der Waals surface area contributed by atoms with E-state index in [-0.39, 0.29) is 11.4 Å². The van der Waals surface area contributed by atoms with Crippen LogP contribution in [0.2, 0.25) is 0 Å². The molecular weight excluding hydrogens is 220 g/mol. The van der Waals surface area contributed by atoms with Crippen LogP contribution in [0.15, 0.2) is 12.3 Å². The van der Waals surface area contributed by atoms with Gasteiger partial charge in [-0.25, -0.2) is 9.78 Å². The predicted molar refractivity (Wildman–Crippen MR) is 62.6 cm³/mol. The molecule has 0 saturated carbocycles. The molecule has 1 aromatic heterocycles. The maximum atomic E-state index is 11.1. The first-order chi connectivity index (χ1) is 8.11. The molecule has 0 radical (unpaired) electrons. The highest BCUT2D eigenvalue weighted by molar-refractivity contribution is 5.90. The Bertz CT molecular complexity index is 434. The molecule has 0 aliphatic carbocycles. The van der Waals surface area contributed by atoms with E-state index in [2.05, 4.69) is 16.9 Å². The Kier molecular flexibility index (Phi) is 3.28. The van der Waals surface area contributed by atoms with Crippen LogP contribution in [0.1, 0.15) is 28.3 Å². The van der Waals surface area contributed by atoms with Gasteiger partial charge in [-0.05, 0) is 37.6 Å². The molecule has 1 N–H and O–H groups in total. The molecule has 1 aliphatic rings. The summed E-state index contributed by atoms with van der Waals surface area (Å²) in [6.07, 6.45) is 2.76. The zero-order chi connectivity index (χ0) is 12.4. The lowest BCUT2D eigenvalue weighted by atomic mass is 9.99. The lowest BCUT2D eigenvalue weighted by molar-refractivity contribution is 0.0692. The minimum atomic E-state index is -0.998. The van der Waals surface area contributed by atoms with Crippen LogP contribution in [0.3, 0.4) is 0 Å². The summed E-state index contributed by atoms with van der Waals surface area (Å²) in [6, 6.07) is 1.68. The van der Waals surface area contributed by atoms with Crippen molar-refractivity contribution in [3.8, 4) is 5.88 Å². The van der Waals surface area contributed by atoms with Crippen LogP contribution in [-0.4, -0.2) is 48.2 Å². The second kappa shape index (κ2) is 4.71. The van der Waals surface area contributed by atoms with E-state index in [1.807, 2.05) is 0 Å². The van der Waals surface area contributed by atoms with Gasteiger partial charge < -0.3 is 14.7 Å². The number of hydrogen-bond donors (Lipinski definition) is 1. The minimum Gasteiger partial charge on any atom is -0.480 e. The molecule has 0 bridgehead atoms. The van der Waals surface area contributed by atoms with Crippen molar-refractivity contribution in [1.82, 2.24) is 9.88 Å². The highest BCUT2D eigenvalue weighted by Gasteiger charge is 2.23. The Morgan fingerprint density at radius 1 is 1.65 bits per heavy atom.